The van der Waals surface area contributed by atoms with Gasteiger partial charge in [0.15, 0.2) is 0 Å². The average molecular weight is 402 g/mol. The summed E-state index contributed by atoms with van der Waals surface area (Å²) in [7, 11) is 1.86. The van der Waals surface area contributed by atoms with Crippen molar-refractivity contribution in [2.75, 3.05) is 11.1 Å². The highest BCUT2D eigenvalue weighted by Gasteiger charge is 2.16. The van der Waals surface area contributed by atoms with Crippen molar-refractivity contribution >= 4 is 29.1 Å². The lowest BCUT2D eigenvalue weighted by Crippen LogP contribution is -2.15. The quantitative estimate of drug-likeness (QED) is 0.612. The predicted molar refractivity (Wildman–Crippen MR) is 111 cm³/mol. The fraction of sp³-hybridized carbons (Fsp3) is 0.526. The third kappa shape index (κ3) is 4.04. The second kappa shape index (κ2) is 8.30. The standard InChI is InChI=1S/C19H27N7OS/c1-7-8-9-15-11(2)20-18-22-19(24-26(18)13(15)4)28-10-16(27)21-17-12(3)23-25(6)14(17)5/h7-10H2,1-6H3,(H,21,27). The van der Waals surface area contributed by atoms with E-state index in [9.17, 15) is 4.79 Å². The minimum Gasteiger partial charge on any atom is -0.322 e. The summed E-state index contributed by atoms with van der Waals surface area (Å²) in [4.78, 5) is 21.4. The number of anilines is 1. The largest absolute Gasteiger partial charge is 0.322 e. The number of hydrogen-bond acceptors (Lipinski definition) is 6. The number of amides is 1. The van der Waals surface area contributed by atoms with Gasteiger partial charge in [-0.25, -0.2) is 9.50 Å². The van der Waals surface area contributed by atoms with Crippen LogP contribution in [0.4, 0.5) is 5.69 Å². The number of hydrogen-bond donors (Lipinski definition) is 1. The first-order valence-corrected chi connectivity index (χ1v) is 10.5. The van der Waals surface area contributed by atoms with Crippen LogP contribution < -0.4 is 5.32 Å². The summed E-state index contributed by atoms with van der Waals surface area (Å²) in [5.41, 5.74) is 5.81. The molecule has 0 aliphatic carbocycles. The van der Waals surface area contributed by atoms with Crippen LogP contribution in [-0.4, -0.2) is 41.0 Å². The van der Waals surface area contributed by atoms with Gasteiger partial charge in [-0.2, -0.15) is 10.1 Å². The van der Waals surface area contributed by atoms with Gasteiger partial charge in [-0.15, -0.1) is 5.10 Å². The van der Waals surface area contributed by atoms with Gasteiger partial charge in [0, 0.05) is 18.4 Å². The lowest BCUT2D eigenvalue weighted by atomic mass is 10.1. The topological polar surface area (TPSA) is 90.0 Å². The molecular weight excluding hydrogens is 374 g/mol. The molecule has 1 amide bonds. The Morgan fingerprint density at radius 3 is 2.46 bits per heavy atom. The normalized spacial score (nSPS) is 11.4. The predicted octanol–water partition coefficient (Wildman–Crippen LogP) is 3.16. The molecule has 0 bridgehead atoms. The monoisotopic (exact) mass is 401 g/mol. The number of aryl methyl sites for hydroxylation is 4. The smallest absolute Gasteiger partial charge is 0.253 e. The molecular formula is C19H27N7OS. The van der Waals surface area contributed by atoms with Gasteiger partial charge in [-0.05, 0) is 46.1 Å². The Balaban J connectivity index is 1.72. The maximum Gasteiger partial charge on any atom is 0.253 e. The van der Waals surface area contributed by atoms with Crippen LogP contribution in [0.3, 0.4) is 0 Å². The fourth-order valence-electron chi connectivity index (χ4n) is 3.23. The summed E-state index contributed by atoms with van der Waals surface area (Å²) in [6, 6.07) is 0. The Bertz CT molecular complexity index is 1020. The van der Waals surface area contributed by atoms with E-state index in [-0.39, 0.29) is 11.7 Å². The molecule has 150 valence electrons. The SMILES string of the molecule is CCCCc1c(C)nc2nc(SCC(=O)Nc3c(C)nn(C)c3C)nn2c1C. The minimum absolute atomic E-state index is 0.104. The number of carbonyl (C=O) groups is 1. The molecule has 28 heavy (non-hydrogen) atoms. The zero-order valence-electron chi connectivity index (χ0n) is 17.3. The number of nitrogens with one attached hydrogen (secondary N) is 1. The summed E-state index contributed by atoms with van der Waals surface area (Å²) in [5.74, 6) is 0.704. The van der Waals surface area contributed by atoms with E-state index in [1.165, 1.54) is 17.3 Å². The van der Waals surface area contributed by atoms with Crippen molar-refractivity contribution in [1.82, 2.24) is 29.4 Å². The van der Waals surface area contributed by atoms with Crippen molar-refractivity contribution in [3.05, 3.63) is 28.3 Å². The molecule has 0 radical (unpaired) electrons. The Kier molecular flexibility index (Phi) is 6.02. The van der Waals surface area contributed by atoms with Crippen LogP contribution in [0, 0.1) is 27.7 Å². The van der Waals surface area contributed by atoms with Gasteiger partial charge < -0.3 is 5.32 Å². The van der Waals surface area contributed by atoms with E-state index in [1.54, 1.807) is 9.20 Å². The summed E-state index contributed by atoms with van der Waals surface area (Å²) in [5, 5.41) is 12.4. The molecule has 0 unspecified atom stereocenters. The third-order valence-corrected chi connectivity index (χ3v) is 5.75. The van der Waals surface area contributed by atoms with E-state index >= 15 is 0 Å². The summed E-state index contributed by atoms with van der Waals surface area (Å²) < 4.78 is 3.54. The summed E-state index contributed by atoms with van der Waals surface area (Å²) >= 11 is 1.31. The molecule has 0 aliphatic heterocycles. The Hall–Kier alpha value is -2.42. The highest BCUT2D eigenvalue weighted by molar-refractivity contribution is 7.99. The van der Waals surface area contributed by atoms with Crippen molar-refractivity contribution in [3.8, 4) is 0 Å². The maximum absolute atomic E-state index is 12.4. The molecule has 3 rings (SSSR count). The van der Waals surface area contributed by atoms with E-state index in [4.69, 9.17) is 0 Å². The number of thioether (sulfide) groups is 1. The van der Waals surface area contributed by atoms with E-state index < -0.39 is 0 Å². The molecule has 0 saturated carbocycles. The van der Waals surface area contributed by atoms with E-state index in [2.05, 4.69) is 39.3 Å². The van der Waals surface area contributed by atoms with Crippen molar-refractivity contribution < 1.29 is 4.79 Å². The second-order valence-electron chi connectivity index (χ2n) is 6.98. The molecule has 1 N–H and O–H groups in total. The Morgan fingerprint density at radius 1 is 1.07 bits per heavy atom. The molecule has 3 aromatic rings. The zero-order valence-corrected chi connectivity index (χ0v) is 18.1. The molecule has 0 atom stereocenters. The van der Waals surface area contributed by atoms with Crippen LogP contribution in [0.5, 0.6) is 0 Å². The van der Waals surface area contributed by atoms with Gasteiger partial charge in [0.2, 0.25) is 11.1 Å². The van der Waals surface area contributed by atoms with Crippen LogP contribution in [-0.2, 0) is 18.3 Å². The van der Waals surface area contributed by atoms with E-state index in [1.807, 2.05) is 27.8 Å². The lowest BCUT2D eigenvalue weighted by molar-refractivity contribution is -0.113. The first kappa shape index (κ1) is 20.3. The van der Waals surface area contributed by atoms with Crippen LogP contribution in [0.1, 0.15) is 48.1 Å². The molecule has 0 aromatic carbocycles. The van der Waals surface area contributed by atoms with E-state index in [0.29, 0.717) is 10.9 Å². The molecule has 3 aromatic heterocycles. The average Bonchev–Trinajstić information content (AvgIpc) is 3.16. The number of unbranched alkanes of at least 4 members (excludes halogenated alkanes) is 1. The first-order chi connectivity index (χ1) is 13.3. The first-order valence-electron chi connectivity index (χ1n) is 9.47. The molecule has 9 heteroatoms. The van der Waals surface area contributed by atoms with Crippen molar-refractivity contribution in [3.63, 3.8) is 0 Å². The van der Waals surface area contributed by atoms with E-state index in [0.717, 1.165) is 47.7 Å². The van der Waals surface area contributed by atoms with Gasteiger partial charge in [0.1, 0.15) is 0 Å². The third-order valence-electron chi connectivity index (χ3n) is 4.92. The lowest BCUT2D eigenvalue weighted by Gasteiger charge is -2.09. The number of carbonyl (C=O) groups excluding carboxylic acids is 1. The number of rotatable bonds is 7. The van der Waals surface area contributed by atoms with Crippen molar-refractivity contribution in [2.24, 2.45) is 7.05 Å². The fourth-order valence-corrected chi connectivity index (χ4v) is 3.84. The number of aromatic nitrogens is 6. The van der Waals surface area contributed by atoms with Gasteiger partial charge in [0.25, 0.3) is 5.78 Å². The molecule has 8 nitrogen and oxygen atoms in total. The second-order valence-corrected chi connectivity index (χ2v) is 7.92. The van der Waals surface area contributed by atoms with Gasteiger partial charge >= 0.3 is 0 Å². The molecule has 3 heterocycles. The van der Waals surface area contributed by atoms with Crippen LogP contribution in [0.25, 0.3) is 5.78 Å². The zero-order chi connectivity index (χ0) is 20.4. The Morgan fingerprint density at radius 2 is 1.82 bits per heavy atom. The highest BCUT2D eigenvalue weighted by atomic mass is 32.2. The van der Waals surface area contributed by atoms with Crippen LogP contribution in [0.2, 0.25) is 0 Å². The van der Waals surface area contributed by atoms with Crippen molar-refractivity contribution in [1.29, 1.82) is 0 Å². The summed E-state index contributed by atoms with van der Waals surface area (Å²) in [6.07, 6.45) is 3.25. The Labute approximate surface area is 169 Å². The van der Waals surface area contributed by atoms with Gasteiger partial charge in [0.05, 0.1) is 22.8 Å². The highest BCUT2D eigenvalue weighted by Crippen LogP contribution is 2.21. The van der Waals surface area contributed by atoms with Crippen LogP contribution >= 0.6 is 11.8 Å². The van der Waals surface area contributed by atoms with Gasteiger partial charge in [-0.1, -0.05) is 25.1 Å². The maximum atomic E-state index is 12.4. The molecule has 0 spiro atoms. The van der Waals surface area contributed by atoms with Gasteiger partial charge in [-0.3, -0.25) is 9.48 Å². The number of fused-ring (bicyclic) bond motifs is 1. The molecule has 0 aliphatic rings. The molecule has 0 saturated heterocycles. The van der Waals surface area contributed by atoms with Crippen molar-refractivity contribution in [2.45, 2.75) is 59.0 Å². The molecule has 0 fully saturated rings. The number of nitrogens with zero attached hydrogens (tertiary/aromatic N) is 6. The minimum atomic E-state index is -0.104. The summed E-state index contributed by atoms with van der Waals surface area (Å²) in [6.45, 7) is 10.1. The van der Waals surface area contributed by atoms with Crippen LogP contribution in [0.15, 0.2) is 5.16 Å².